The molecule has 0 unspecified atom stereocenters. The predicted molar refractivity (Wildman–Crippen MR) is 133 cm³/mol. The average molecular weight is 620 g/mol. The van der Waals surface area contributed by atoms with Gasteiger partial charge in [-0.25, -0.2) is 14.6 Å². The lowest BCUT2D eigenvalue weighted by molar-refractivity contribution is -0.129. The number of nitrogens with zero attached hydrogens (tertiary/aromatic N) is 1. The Morgan fingerprint density at radius 3 is 2.47 bits per heavy atom. The minimum Gasteiger partial charge on any atom is -0.421 e. The van der Waals surface area contributed by atoms with Crippen molar-refractivity contribution in [3.05, 3.63) is 102 Å². The Morgan fingerprint density at radius 2 is 1.75 bits per heavy atom. The zero-order chi connectivity index (χ0) is 22.8. The molecular formula is C24H14Br3NO4. The van der Waals surface area contributed by atoms with E-state index in [1.54, 1.807) is 42.5 Å². The zero-order valence-corrected chi connectivity index (χ0v) is 21.3. The molecule has 0 spiro atoms. The maximum Gasteiger partial charge on any atom is 0.363 e. The number of aliphatic imine (C=N–C) groups is 1. The van der Waals surface area contributed by atoms with E-state index in [1.807, 2.05) is 25.1 Å². The molecule has 4 rings (SSSR count). The third kappa shape index (κ3) is 5.09. The number of cyclic esters (lactones) is 1. The Bertz CT molecular complexity index is 1300. The number of aryl methyl sites for hydroxylation is 1. The Balaban J connectivity index is 1.70. The van der Waals surface area contributed by atoms with Crippen LogP contribution < -0.4 is 4.74 Å². The molecule has 160 valence electrons. The molecule has 8 heteroatoms. The maximum absolute atomic E-state index is 12.7. The van der Waals surface area contributed by atoms with Crippen LogP contribution >= 0.6 is 47.8 Å². The summed E-state index contributed by atoms with van der Waals surface area (Å²) >= 11 is 10.2. The van der Waals surface area contributed by atoms with Crippen LogP contribution in [-0.2, 0) is 9.53 Å². The van der Waals surface area contributed by atoms with E-state index in [-0.39, 0.29) is 17.3 Å². The van der Waals surface area contributed by atoms with Crippen molar-refractivity contribution in [1.29, 1.82) is 0 Å². The third-order valence-electron chi connectivity index (χ3n) is 4.49. The second-order valence-corrected chi connectivity index (χ2v) is 9.59. The number of hydrogen-bond donors (Lipinski definition) is 0. The van der Waals surface area contributed by atoms with Crippen molar-refractivity contribution < 1.29 is 19.1 Å². The van der Waals surface area contributed by atoms with Crippen molar-refractivity contribution in [3.63, 3.8) is 0 Å². The highest BCUT2D eigenvalue weighted by Gasteiger charge is 2.25. The fourth-order valence-electron chi connectivity index (χ4n) is 2.99. The molecule has 0 saturated carbocycles. The summed E-state index contributed by atoms with van der Waals surface area (Å²) in [5, 5.41) is 0. The summed E-state index contributed by atoms with van der Waals surface area (Å²) in [4.78, 5) is 29.5. The van der Waals surface area contributed by atoms with E-state index in [2.05, 4.69) is 52.8 Å². The highest BCUT2D eigenvalue weighted by atomic mass is 79.9. The van der Waals surface area contributed by atoms with Gasteiger partial charge in [-0.3, -0.25) is 0 Å². The van der Waals surface area contributed by atoms with Crippen molar-refractivity contribution in [2.45, 2.75) is 6.92 Å². The summed E-state index contributed by atoms with van der Waals surface area (Å²) in [7, 11) is 0. The average Bonchev–Trinajstić information content (AvgIpc) is 3.11. The Labute approximate surface area is 209 Å². The van der Waals surface area contributed by atoms with Crippen LogP contribution in [0.3, 0.4) is 0 Å². The van der Waals surface area contributed by atoms with E-state index in [9.17, 15) is 9.59 Å². The van der Waals surface area contributed by atoms with Crippen LogP contribution in [0, 0.1) is 6.92 Å². The number of hydrogen-bond acceptors (Lipinski definition) is 5. The molecule has 0 atom stereocenters. The molecule has 0 amide bonds. The monoisotopic (exact) mass is 617 g/mol. The lowest BCUT2D eigenvalue weighted by atomic mass is 10.1. The fraction of sp³-hybridized carbons (Fsp3) is 0.0417. The van der Waals surface area contributed by atoms with Crippen molar-refractivity contribution in [3.8, 4) is 5.75 Å². The summed E-state index contributed by atoms with van der Waals surface area (Å²) in [5.74, 6) is -0.618. The van der Waals surface area contributed by atoms with Gasteiger partial charge in [-0.2, -0.15) is 0 Å². The molecule has 3 aromatic rings. The van der Waals surface area contributed by atoms with E-state index in [1.165, 1.54) is 6.08 Å². The third-order valence-corrected chi connectivity index (χ3v) is 6.07. The lowest BCUT2D eigenvalue weighted by Gasteiger charge is -2.11. The normalized spacial score (nSPS) is 14.3. The summed E-state index contributed by atoms with van der Waals surface area (Å²) in [6, 6.07) is 17.9. The molecule has 32 heavy (non-hydrogen) atoms. The van der Waals surface area contributed by atoms with Gasteiger partial charge in [0.05, 0.1) is 10.0 Å². The molecule has 0 radical (unpaired) electrons. The van der Waals surface area contributed by atoms with Crippen LogP contribution in [0.4, 0.5) is 0 Å². The minimum absolute atomic E-state index is 0.0979. The van der Waals surface area contributed by atoms with Crippen LogP contribution in [0.25, 0.3) is 6.08 Å². The first-order valence-electron chi connectivity index (χ1n) is 9.36. The molecule has 3 aromatic carbocycles. The molecule has 0 N–H and O–H groups in total. The van der Waals surface area contributed by atoms with Crippen LogP contribution in [0.2, 0.25) is 0 Å². The Morgan fingerprint density at radius 1 is 1.00 bits per heavy atom. The highest BCUT2D eigenvalue weighted by Crippen LogP contribution is 2.36. The molecule has 0 aromatic heterocycles. The standard InChI is InChI=1S/C24H14Br3NO4/c1-13-3-2-4-15(9-13)23(29)31-21-16(10-18(26)12-19(21)27)11-20-24(30)32-22(28-20)14-5-7-17(25)8-6-14/h2-12H,1H3/b20-11-. The van der Waals surface area contributed by atoms with Gasteiger partial charge < -0.3 is 9.47 Å². The first kappa shape index (κ1) is 22.6. The quantitative estimate of drug-likeness (QED) is 0.182. The first-order chi connectivity index (χ1) is 15.3. The summed E-state index contributed by atoms with van der Waals surface area (Å²) in [5.41, 5.74) is 2.63. The van der Waals surface area contributed by atoms with E-state index in [4.69, 9.17) is 9.47 Å². The molecule has 0 aliphatic carbocycles. The number of halogens is 3. The first-order valence-corrected chi connectivity index (χ1v) is 11.7. The van der Waals surface area contributed by atoms with E-state index < -0.39 is 11.9 Å². The number of esters is 2. The topological polar surface area (TPSA) is 65.0 Å². The summed E-state index contributed by atoms with van der Waals surface area (Å²) in [6.45, 7) is 1.90. The molecule has 1 aliphatic rings. The van der Waals surface area contributed by atoms with Gasteiger partial charge in [0, 0.05) is 20.1 Å². The van der Waals surface area contributed by atoms with Gasteiger partial charge in [0.15, 0.2) is 11.4 Å². The zero-order valence-electron chi connectivity index (χ0n) is 16.6. The van der Waals surface area contributed by atoms with Crippen molar-refractivity contribution in [1.82, 2.24) is 0 Å². The van der Waals surface area contributed by atoms with Gasteiger partial charge in [-0.05, 0) is 77.5 Å². The largest absolute Gasteiger partial charge is 0.421 e. The number of carbonyl (C=O) groups excluding carboxylic acids is 2. The van der Waals surface area contributed by atoms with Gasteiger partial charge in [-0.1, -0.05) is 49.6 Å². The highest BCUT2D eigenvalue weighted by molar-refractivity contribution is 9.11. The second-order valence-electron chi connectivity index (χ2n) is 6.91. The van der Waals surface area contributed by atoms with Crippen LogP contribution in [0.1, 0.15) is 27.0 Å². The van der Waals surface area contributed by atoms with E-state index in [0.29, 0.717) is 21.2 Å². The number of rotatable bonds is 4. The van der Waals surface area contributed by atoms with Gasteiger partial charge in [0.25, 0.3) is 0 Å². The van der Waals surface area contributed by atoms with Gasteiger partial charge in [0.2, 0.25) is 5.90 Å². The molecule has 0 fully saturated rings. The number of ether oxygens (including phenoxy) is 2. The van der Waals surface area contributed by atoms with Gasteiger partial charge in [0.1, 0.15) is 0 Å². The number of carbonyl (C=O) groups is 2. The second kappa shape index (κ2) is 9.52. The van der Waals surface area contributed by atoms with E-state index in [0.717, 1.165) is 14.5 Å². The van der Waals surface area contributed by atoms with E-state index >= 15 is 0 Å². The van der Waals surface area contributed by atoms with Crippen LogP contribution in [0.5, 0.6) is 5.75 Å². The fourth-order valence-corrected chi connectivity index (χ4v) is 4.59. The summed E-state index contributed by atoms with van der Waals surface area (Å²) in [6.07, 6.45) is 1.53. The molecule has 1 heterocycles. The lowest BCUT2D eigenvalue weighted by Crippen LogP contribution is -2.10. The van der Waals surface area contributed by atoms with Crippen LogP contribution in [-0.4, -0.2) is 17.8 Å². The molecule has 0 saturated heterocycles. The van der Waals surface area contributed by atoms with Crippen LogP contribution in [0.15, 0.2) is 84.8 Å². The van der Waals surface area contributed by atoms with Crippen molar-refractivity contribution in [2.24, 2.45) is 4.99 Å². The molecule has 5 nitrogen and oxygen atoms in total. The minimum atomic E-state index is -0.588. The molecule has 1 aliphatic heterocycles. The Hall–Kier alpha value is -2.55. The number of benzene rings is 3. The Kier molecular flexibility index (Phi) is 6.74. The molecule has 0 bridgehead atoms. The molecular weight excluding hydrogens is 606 g/mol. The maximum atomic E-state index is 12.7. The predicted octanol–water partition coefficient (Wildman–Crippen LogP) is 6.85. The van der Waals surface area contributed by atoms with Crippen molar-refractivity contribution in [2.75, 3.05) is 0 Å². The van der Waals surface area contributed by atoms with Gasteiger partial charge >= 0.3 is 11.9 Å². The van der Waals surface area contributed by atoms with Gasteiger partial charge in [-0.15, -0.1) is 0 Å². The summed E-state index contributed by atoms with van der Waals surface area (Å²) < 4.78 is 13.2. The SMILES string of the molecule is Cc1cccc(C(=O)Oc2c(Br)cc(Br)cc2/C=C2\N=C(c3ccc(Br)cc3)OC2=O)c1. The van der Waals surface area contributed by atoms with Crippen molar-refractivity contribution >= 4 is 71.7 Å². The smallest absolute Gasteiger partial charge is 0.363 e.